The first-order valence-electron chi connectivity index (χ1n) is 7.01. The monoisotopic (exact) mass is 276 g/mol. The van der Waals surface area contributed by atoms with Crippen molar-refractivity contribution in [1.29, 1.82) is 0 Å². The lowest BCUT2D eigenvalue weighted by molar-refractivity contribution is -0.132. The maximum atomic E-state index is 12.4. The van der Waals surface area contributed by atoms with Crippen molar-refractivity contribution in [3.8, 4) is 0 Å². The molecule has 0 bridgehead atoms. The highest BCUT2D eigenvalue weighted by atomic mass is 16.2. The number of carbonyl (C=O) groups excluding carboxylic acids is 1. The van der Waals surface area contributed by atoms with Gasteiger partial charge in [0.1, 0.15) is 6.04 Å². The molecular weight excluding hydrogens is 252 g/mol. The maximum Gasteiger partial charge on any atom is 0.244 e. The lowest BCUT2D eigenvalue weighted by atomic mass is 9.83. The van der Waals surface area contributed by atoms with Crippen molar-refractivity contribution < 1.29 is 4.79 Å². The van der Waals surface area contributed by atoms with E-state index in [0.717, 1.165) is 18.5 Å². The molecule has 1 aromatic rings. The van der Waals surface area contributed by atoms with Gasteiger partial charge in [-0.3, -0.25) is 9.48 Å². The lowest BCUT2D eigenvalue weighted by Crippen LogP contribution is -2.41. The molecule has 2 N–H and O–H groups in total. The molecule has 0 spiro atoms. The number of rotatable bonds is 2. The van der Waals surface area contributed by atoms with Gasteiger partial charge in [0.2, 0.25) is 5.91 Å². The Bertz CT molecular complexity index is 524. The molecule has 2 heterocycles. The van der Waals surface area contributed by atoms with Crippen molar-refractivity contribution in [2.45, 2.75) is 33.2 Å². The highest BCUT2D eigenvalue weighted by molar-refractivity contribution is 5.83. The van der Waals surface area contributed by atoms with Crippen LogP contribution in [0.2, 0.25) is 0 Å². The Morgan fingerprint density at radius 3 is 2.60 bits per heavy atom. The van der Waals surface area contributed by atoms with Gasteiger partial charge in [0, 0.05) is 31.9 Å². The second-order valence-corrected chi connectivity index (χ2v) is 6.44. The molecule has 0 aromatic carbocycles. The van der Waals surface area contributed by atoms with Crippen molar-refractivity contribution in [3.05, 3.63) is 29.6 Å². The molecule has 2 rings (SSSR count). The number of carbonyl (C=O) groups is 1. The van der Waals surface area contributed by atoms with Gasteiger partial charge in [-0.1, -0.05) is 32.4 Å². The smallest absolute Gasteiger partial charge is 0.244 e. The van der Waals surface area contributed by atoms with Crippen LogP contribution in [-0.4, -0.2) is 33.7 Å². The molecule has 1 unspecified atom stereocenters. The van der Waals surface area contributed by atoms with Crippen LogP contribution in [0.25, 0.3) is 0 Å². The third-order valence-electron chi connectivity index (χ3n) is 3.83. The van der Waals surface area contributed by atoms with Crippen molar-refractivity contribution in [2.75, 3.05) is 13.1 Å². The van der Waals surface area contributed by atoms with Gasteiger partial charge < -0.3 is 10.6 Å². The average Bonchev–Trinajstić information content (AvgIpc) is 2.83. The van der Waals surface area contributed by atoms with Gasteiger partial charge in [-0.05, 0) is 11.8 Å². The summed E-state index contributed by atoms with van der Waals surface area (Å²) in [4.78, 5) is 14.2. The van der Waals surface area contributed by atoms with E-state index in [1.165, 1.54) is 5.57 Å². The lowest BCUT2D eigenvalue weighted by Gasteiger charge is -2.33. The number of amides is 1. The molecule has 1 atom stereocenters. The summed E-state index contributed by atoms with van der Waals surface area (Å²) in [6.07, 6.45) is 6.54. The van der Waals surface area contributed by atoms with E-state index in [4.69, 9.17) is 5.73 Å². The van der Waals surface area contributed by atoms with Crippen molar-refractivity contribution in [3.63, 3.8) is 0 Å². The zero-order valence-electron chi connectivity index (χ0n) is 12.8. The molecular formula is C15H24N4O. The quantitative estimate of drug-likeness (QED) is 0.835. The Hall–Kier alpha value is -1.62. The van der Waals surface area contributed by atoms with E-state index in [2.05, 4.69) is 31.9 Å². The highest BCUT2D eigenvalue weighted by Gasteiger charge is 2.27. The van der Waals surface area contributed by atoms with E-state index < -0.39 is 6.04 Å². The fourth-order valence-corrected chi connectivity index (χ4v) is 2.49. The molecule has 1 aliphatic rings. The Kier molecular flexibility index (Phi) is 3.99. The minimum atomic E-state index is -0.617. The third-order valence-corrected chi connectivity index (χ3v) is 3.83. The minimum absolute atomic E-state index is 0.0257. The Morgan fingerprint density at radius 2 is 2.15 bits per heavy atom. The fraction of sp³-hybridized carbons (Fsp3) is 0.600. The maximum absolute atomic E-state index is 12.4. The first kappa shape index (κ1) is 14.8. The predicted octanol–water partition coefficient (Wildman–Crippen LogP) is 1.62. The van der Waals surface area contributed by atoms with Crippen LogP contribution in [0.3, 0.4) is 0 Å². The Labute approximate surface area is 120 Å². The SMILES string of the molecule is Cn1cc(C(N)C(=O)N2CC=C(C(C)(C)C)CC2)cn1. The van der Waals surface area contributed by atoms with Crippen LogP contribution in [0.1, 0.15) is 38.8 Å². The largest absolute Gasteiger partial charge is 0.337 e. The van der Waals surface area contributed by atoms with E-state index >= 15 is 0 Å². The first-order chi connectivity index (χ1) is 9.29. The fourth-order valence-electron chi connectivity index (χ4n) is 2.49. The number of aromatic nitrogens is 2. The van der Waals surface area contributed by atoms with Crippen LogP contribution in [0.5, 0.6) is 0 Å². The zero-order valence-corrected chi connectivity index (χ0v) is 12.8. The first-order valence-corrected chi connectivity index (χ1v) is 7.01. The minimum Gasteiger partial charge on any atom is -0.337 e. The molecule has 0 radical (unpaired) electrons. The van der Waals surface area contributed by atoms with Crippen molar-refractivity contribution >= 4 is 5.91 Å². The number of nitrogens with zero attached hydrogens (tertiary/aromatic N) is 3. The van der Waals surface area contributed by atoms with Crippen LogP contribution < -0.4 is 5.73 Å². The third kappa shape index (κ3) is 3.10. The van der Waals surface area contributed by atoms with E-state index in [1.54, 1.807) is 17.1 Å². The Balaban J connectivity index is 2.03. The molecule has 1 amide bonds. The van der Waals surface area contributed by atoms with Crippen LogP contribution in [-0.2, 0) is 11.8 Å². The Morgan fingerprint density at radius 1 is 1.45 bits per heavy atom. The summed E-state index contributed by atoms with van der Waals surface area (Å²) < 4.78 is 1.66. The van der Waals surface area contributed by atoms with Gasteiger partial charge in [0.15, 0.2) is 0 Å². The number of nitrogens with two attached hydrogens (primary N) is 1. The van der Waals surface area contributed by atoms with Gasteiger partial charge in [-0.25, -0.2) is 0 Å². The van der Waals surface area contributed by atoms with Crippen LogP contribution >= 0.6 is 0 Å². The van der Waals surface area contributed by atoms with Gasteiger partial charge >= 0.3 is 0 Å². The molecule has 110 valence electrons. The van der Waals surface area contributed by atoms with Crippen molar-refractivity contribution in [1.82, 2.24) is 14.7 Å². The van der Waals surface area contributed by atoms with Gasteiger partial charge in [0.25, 0.3) is 0 Å². The average molecular weight is 276 g/mol. The van der Waals surface area contributed by atoms with Gasteiger partial charge in [0.05, 0.1) is 6.20 Å². The second-order valence-electron chi connectivity index (χ2n) is 6.44. The summed E-state index contributed by atoms with van der Waals surface area (Å²) in [5.74, 6) is -0.0257. The molecule has 1 aromatic heterocycles. The molecule has 5 nitrogen and oxygen atoms in total. The molecule has 0 saturated heterocycles. The van der Waals surface area contributed by atoms with Crippen molar-refractivity contribution in [2.24, 2.45) is 18.2 Å². The summed E-state index contributed by atoms with van der Waals surface area (Å²) in [6, 6.07) is -0.617. The topological polar surface area (TPSA) is 64.2 Å². The molecule has 1 aliphatic heterocycles. The summed E-state index contributed by atoms with van der Waals surface area (Å²) in [5.41, 5.74) is 8.40. The van der Waals surface area contributed by atoms with E-state index in [9.17, 15) is 4.79 Å². The molecule has 0 aliphatic carbocycles. The number of aryl methyl sites for hydroxylation is 1. The number of hydrogen-bond donors (Lipinski definition) is 1. The predicted molar refractivity (Wildman–Crippen MR) is 78.9 cm³/mol. The summed E-state index contributed by atoms with van der Waals surface area (Å²) >= 11 is 0. The van der Waals surface area contributed by atoms with E-state index in [0.29, 0.717) is 6.54 Å². The normalized spacial score (nSPS) is 17.9. The standard InChI is InChI=1S/C15H24N4O/c1-15(2,3)12-5-7-19(8-6-12)14(20)13(16)11-9-17-18(4)10-11/h5,9-10,13H,6-8,16H2,1-4H3. The van der Waals surface area contributed by atoms with E-state index in [-0.39, 0.29) is 11.3 Å². The van der Waals surface area contributed by atoms with E-state index in [1.807, 2.05) is 11.9 Å². The van der Waals surface area contributed by atoms with Gasteiger partial charge in [-0.15, -0.1) is 0 Å². The zero-order chi connectivity index (χ0) is 14.9. The van der Waals surface area contributed by atoms with Crippen LogP contribution in [0.4, 0.5) is 0 Å². The number of hydrogen-bond acceptors (Lipinski definition) is 3. The summed E-state index contributed by atoms with van der Waals surface area (Å²) in [7, 11) is 1.82. The van der Waals surface area contributed by atoms with Crippen LogP contribution in [0.15, 0.2) is 24.0 Å². The van der Waals surface area contributed by atoms with Gasteiger partial charge in [-0.2, -0.15) is 5.10 Å². The van der Waals surface area contributed by atoms with Crippen LogP contribution in [0, 0.1) is 5.41 Å². The second kappa shape index (κ2) is 5.40. The molecule has 20 heavy (non-hydrogen) atoms. The molecule has 0 saturated carbocycles. The summed E-state index contributed by atoms with van der Waals surface area (Å²) in [5, 5.41) is 4.06. The highest BCUT2D eigenvalue weighted by Crippen LogP contribution is 2.30. The molecule has 5 heteroatoms. The molecule has 0 fully saturated rings. The summed E-state index contributed by atoms with van der Waals surface area (Å²) in [6.45, 7) is 8.02.